The average molecular weight is 768 g/mol. The van der Waals surface area contributed by atoms with Gasteiger partial charge in [0.1, 0.15) is 23.0 Å². The summed E-state index contributed by atoms with van der Waals surface area (Å²) >= 11 is 0. The molecule has 0 bridgehead atoms. The summed E-state index contributed by atoms with van der Waals surface area (Å²) < 4.78 is 14.6. The molecule has 0 aliphatic carbocycles. The van der Waals surface area contributed by atoms with E-state index in [0.29, 0.717) is 0 Å². The van der Waals surface area contributed by atoms with Crippen LogP contribution in [0.4, 0.5) is 17.1 Å². The first-order valence-corrected chi connectivity index (χ1v) is 20.7. The van der Waals surface area contributed by atoms with Gasteiger partial charge in [0.05, 0.1) is 0 Å². The lowest BCUT2D eigenvalue weighted by Crippen LogP contribution is -2.57. The fourth-order valence-electron chi connectivity index (χ4n) is 9.60. The van der Waals surface area contributed by atoms with Gasteiger partial charge in [-0.25, -0.2) is 0 Å². The second-order valence-electron chi connectivity index (χ2n) is 16.2. The third kappa shape index (κ3) is 5.38. The fourth-order valence-corrected chi connectivity index (χ4v) is 9.60. The number of nitrogens with zero attached hydrogens (tertiary/aromatic N) is 1. The minimum atomic E-state index is -0.162. The zero-order valence-corrected chi connectivity index (χ0v) is 33.3. The van der Waals surface area contributed by atoms with Crippen LogP contribution in [0.5, 0.6) is 23.0 Å². The summed E-state index contributed by atoms with van der Waals surface area (Å²) in [5.74, 6) is 3.38. The maximum atomic E-state index is 7.33. The van der Waals surface area contributed by atoms with Crippen molar-refractivity contribution in [3.8, 4) is 45.3 Å². The topological polar surface area (TPSA) is 21.7 Å². The van der Waals surface area contributed by atoms with E-state index in [0.717, 1.165) is 78.7 Å². The summed E-state index contributed by atoms with van der Waals surface area (Å²) in [5.41, 5.74) is 13.2. The van der Waals surface area contributed by atoms with E-state index in [-0.39, 0.29) is 6.71 Å². The van der Waals surface area contributed by atoms with Crippen LogP contribution in [0.3, 0.4) is 0 Å². The Labute approximate surface area is 349 Å². The van der Waals surface area contributed by atoms with Crippen LogP contribution in [-0.2, 0) is 0 Å². The van der Waals surface area contributed by atoms with E-state index in [1.807, 2.05) is 0 Å². The smallest absolute Gasteiger partial charge is 0.260 e. The van der Waals surface area contributed by atoms with Gasteiger partial charge in [-0.1, -0.05) is 157 Å². The van der Waals surface area contributed by atoms with E-state index in [1.165, 1.54) is 43.4 Å². The maximum Gasteiger partial charge on any atom is 0.260 e. The zero-order valence-electron chi connectivity index (χ0n) is 33.3. The largest absolute Gasteiger partial charge is 0.458 e. The summed E-state index contributed by atoms with van der Waals surface area (Å²) in [6.45, 7) is 4.10. The molecule has 0 N–H and O–H groups in total. The lowest BCUT2D eigenvalue weighted by molar-refractivity contribution is 0.467. The van der Waals surface area contributed by atoms with Crippen molar-refractivity contribution in [2.75, 3.05) is 4.90 Å². The van der Waals surface area contributed by atoms with Crippen molar-refractivity contribution in [2.45, 2.75) is 13.8 Å². The number of benzene rings is 10. The first kappa shape index (κ1) is 34.5. The Morgan fingerprint density at radius 2 is 0.800 bits per heavy atom. The molecule has 4 heteroatoms. The summed E-state index contributed by atoms with van der Waals surface area (Å²) in [4.78, 5) is 2.32. The number of ether oxygens (including phenoxy) is 2. The van der Waals surface area contributed by atoms with Gasteiger partial charge in [0.25, 0.3) is 6.71 Å². The third-order valence-electron chi connectivity index (χ3n) is 12.5. The Balaban J connectivity index is 1.16. The predicted octanol–water partition coefficient (Wildman–Crippen LogP) is 13.3. The van der Waals surface area contributed by atoms with Crippen molar-refractivity contribution in [1.29, 1.82) is 0 Å². The van der Waals surface area contributed by atoms with Crippen LogP contribution in [-0.4, -0.2) is 6.71 Å². The highest BCUT2D eigenvalue weighted by Crippen LogP contribution is 2.48. The van der Waals surface area contributed by atoms with Gasteiger partial charge in [-0.2, -0.15) is 0 Å². The molecule has 0 spiro atoms. The van der Waals surface area contributed by atoms with Gasteiger partial charge in [0.15, 0.2) is 0 Å². The third-order valence-corrected chi connectivity index (χ3v) is 12.5. The Morgan fingerprint density at radius 3 is 1.32 bits per heavy atom. The number of hydrogen-bond donors (Lipinski definition) is 0. The molecule has 2 heterocycles. The van der Waals surface area contributed by atoms with Crippen molar-refractivity contribution >= 4 is 72.5 Å². The summed E-state index contributed by atoms with van der Waals surface area (Å²) in [6.07, 6.45) is 0. The zero-order chi connectivity index (χ0) is 39.9. The number of aryl methyl sites for hydroxylation is 2. The molecule has 282 valence electrons. The summed E-state index contributed by atoms with van der Waals surface area (Å²) in [5, 5.41) is 7.35. The molecular weight excluding hydrogens is 729 g/mol. The van der Waals surface area contributed by atoms with E-state index in [9.17, 15) is 0 Å². The highest BCUT2D eigenvalue weighted by molar-refractivity contribution is 6.98. The molecule has 0 fully saturated rings. The van der Waals surface area contributed by atoms with Crippen molar-refractivity contribution < 1.29 is 9.47 Å². The molecule has 3 nitrogen and oxygen atoms in total. The Morgan fingerprint density at radius 1 is 0.367 bits per heavy atom. The standard InChI is InChI=1S/C56H38BNO2/c1-35-21-25-39(26-22-35)58(40-27-23-36(2)24-28-40)41-29-30-50-52(31-41)59-55-46(37-13-5-3-6-14-37)32-47(38-15-7-4-8-16-38)56-54(55)57(50)51-33-48-44-19-11-9-17-42(44)43-18-10-12-20-45(43)49(48)34-53(51)60-56/h3-34H,1-2H3. The van der Waals surface area contributed by atoms with Gasteiger partial charge in [-0.05, 0) is 111 Å². The molecule has 2 aliphatic heterocycles. The first-order chi connectivity index (χ1) is 29.6. The minimum absolute atomic E-state index is 0.162. The first-order valence-electron chi connectivity index (χ1n) is 20.7. The van der Waals surface area contributed by atoms with Gasteiger partial charge in [0, 0.05) is 39.7 Å². The summed E-state index contributed by atoms with van der Waals surface area (Å²) in [7, 11) is 0. The molecule has 0 aromatic heterocycles. The van der Waals surface area contributed by atoms with Crippen LogP contribution in [0, 0.1) is 13.8 Å². The fraction of sp³-hybridized carbons (Fsp3) is 0.0357. The molecule has 0 atom stereocenters. The minimum Gasteiger partial charge on any atom is -0.458 e. The van der Waals surface area contributed by atoms with Crippen molar-refractivity contribution in [3.05, 3.63) is 205 Å². The van der Waals surface area contributed by atoms with Crippen LogP contribution < -0.4 is 30.8 Å². The quantitative estimate of drug-likeness (QED) is 0.129. The van der Waals surface area contributed by atoms with Crippen LogP contribution in [0.2, 0.25) is 0 Å². The SMILES string of the molecule is Cc1ccc(N(c2ccc(C)cc2)c2ccc3c(c2)Oc2c(-c4ccccc4)cc(-c4ccccc4)c4c2B3c2cc3c5ccccc5c5ccccc5c3cc2O4)cc1. The lowest BCUT2D eigenvalue weighted by Gasteiger charge is -2.36. The second-order valence-corrected chi connectivity index (χ2v) is 16.2. The number of fused-ring (bicyclic) bond motifs is 10. The highest BCUT2D eigenvalue weighted by Gasteiger charge is 2.43. The molecule has 10 aromatic rings. The van der Waals surface area contributed by atoms with Gasteiger partial charge in [-0.15, -0.1) is 0 Å². The van der Waals surface area contributed by atoms with Crippen molar-refractivity contribution in [2.24, 2.45) is 0 Å². The van der Waals surface area contributed by atoms with Crippen LogP contribution in [0.25, 0.3) is 54.6 Å². The molecule has 60 heavy (non-hydrogen) atoms. The number of anilines is 3. The van der Waals surface area contributed by atoms with Crippen molar-refractivity contribution in [3.63, 3.8) is 0 Å². The molecule has 0 unspecified atom stereocenters. The monoisotopic (exact) mass is 767 g/mol. The molecule has 0 saturated carbocycles. The van der Waals surface area contributed by atoms with Crippen LogP contribution in [0.15, 0.2) is 194 Å². The van der Waals surface area contributed by atoms with Gasteiger partial charge in [0.2, 0.25) is 0 Å². The molecule has 2 aliphatic rings. The van der Waals surface area contributed by atoms with Gasteiger partial charge in [-0.3, -0.25) is 0 Å². The average Bonchev–Trinajstić information content (AvgIpc) is 3.30. The molecule has 10 aromatic carbocycles. The van der Waals surface area contributed by atoms with E-state index in [1.54, 1.807) is 0 Å². The van der Waals surface area contributed by atoms with Gasteiger partial charge >= 0.3 is 0 Å². The number of hydrogen-bond acceptors (Lipinski definition) is 3. The molecule has 12 rings (SSSR count). The van der Waals surface area contributed by atoms with Crippen LogP contribution in [0.1, 0.15) is 11.1 Å². The van der Waals surface area contributed by atoms with E-state index >= 15 is 0 Å². The highest BCUT2D eigenvalue weighted by atomic mass is 16.5. The Kier molecular flexibility index (Phi) is 7.76. The second kappa shape index (κ2) is 13.5. The maximum absolute atomic E-state index is 7.33. The lowest BCUT2D eigenvalue weighted by atomic mass is 9.34. The predicted molar refractivity (Wildman–Crippen MR) is 252 cm³/mol. The summed E-state index contributed by atoms with van der Waals surface area (Å²) in [6, 6.07) is 70.0. The Bertz CT molecular complexity index is 3280. The Hall–Kier alpha value is -7.56. The van der Waals surface area contributed by atoms with E-state index < -0.39 is 0 Å². The van der Waals surface area contributed by atoms with E-state index in [2.05, 4.69) is 213 Å². The molecular formula is C56H38BNO2. The van der Waals surface area contributed by atoms with Gasteiger partial charge < -0.3 is 14.4 Å². The van der Waals surface area contributed by atoms with Crippen molar-refractivity contribution in [1.82, 2.24) is 0 Å². The molecule has 0 radical (unpaired) electrons. The van der Waals surface area contributed by atoms with Crippen LogP contribution >= 0.6 is 0 Å². The van der Waals surface area contributed by atoms with E-state index in [4.69, 9.17) is 9.47 Å². The number of rotatable bonds is 5. The molecule has 0 amide bonds. The normalized spacial score (nSPS) is 12.4. The molecule has 0 saturated heterocycles.